The molecule has 1 atom stereocenters. The Labute approximate surface area is 212 Å². The fraction of sp³-hybridized carbons (Fsp3) is 0.654. The molecule has 1 N–H and O–H groups in total. The van der Waals surface area contributed by atoms with Gasteiger partial charge in [-0.2, -0.15) is 16.7 Å². The van der Waals surface area contributed by atoms with Gasteiger partial charge >= 0.3 is 0 Å². The zero-order valence-corrected chi connectivity index (χ0v) is 21.8. The minimum Gasteiger partial charge on any atom is -0.493 e. The van der Waals surface area contributed by atoms with Crippen LogP contribution in [0.2, 0.25) is 0 Å². The van der Waals surface area contributed by atoms with Crippen LogP contribution < -0.4 is 14.8 Å². The first-order valence-corrected chi connectivity index (χ1v) is 13.9. The van der Waals surface area contributed by atoms with E-state index in [0.717, 1.165) is 55.5 Å². The van der Waals surface area contributed by atoms with E-state index in [9.17, 15) is 4.79 Å². The molecule has 2 heterocycles. The number of hydrogen-bond acceptors (Lipinski definition) is 8. The Morgan fingerprint density at radius 1 is 1.14 bits per heavy atom. The van der Waals surface area contributed by atoms with Gasteiger partial charge in [0.15, 0.2) is 11.5 Å². The van der Waals surface area contributed by atoms with E-state index in [-0.39, 0.29) is 11.8 Å². The van der Waals surface area contributed by atoms with E-state index in [1.165, 1.54) is 32.1 Å². The number of aromatic nitrogens is 2. The van der Waals surface area contributed by atoms with E-state index in [2.05, 4.69) is 32.1 Å². The summed E-state index contributed by atoms with van der Waals surface area (Å²) >= 11 is 2.09. The SMILES string of the molecule is COc1ccc(-c2noc(CN3CCCC(C(=O)NCCCSC4CCCCC4)C3)n2)cc1OC. The molecule has 1 saturated carbocycles. The molecule has 1 saturated heterocycles. The van der Waals surface area contributed by atoms with Gasteiger partial charge in [0, 0.05) is 23.9 Å². The van der Waals surface area contributed by atoms with Crippen LogP contribution in [0.25, 0.3) is 11.4 Å². The van der Waals surface area contributed by atoms with Gasteiger partial charge in [-0.15, -0.1) is 0 Å². The summed E-state index contributed by atoms with van der Waals surface area (Å²) in [4.78, 5) is 19.5. The van der Waals surface area contributed by atoms with Crippen molar-refractivity contribution in [3.8, 4) is 22.9 Å². The highest BCUT2D eigenvalue weighted by atomic mass is 32.2. The van der Waals surface area contributed by atoms with Crippen LogP contribution in [0.5, 0.6) is 11.5 Å². The molecule has 1 aliphatic heterocycles. The minimum absolute atomic E-state index is 0.0167. The average Bonchev–Trinajstić information content (AvgIpc) is 3.37. The highest BCUT2D eigenvalue weighted by Crippen LogP contribution is 2.31. The van der Waals surface area contributed by atoms with Crippen molar-refractivity contribution in [2.24, 2.45) is 5.92 Å². The zero-order chi connectivity index (χ0) is 24.5. The first kappa shape index (κ1) is 25.8. The van der Waals surface area contributed by atoms with Crippen molar-refractivity contribution in [2.75, 3.05) is 39.6 Å². The number of piperidine rings is 1. The molecular weight excluding hydrogens is 464 g/mol. The monoisotopic (exact) mass is 502 g/mol. The van der Waals surface area contributed by atoms with Crippen LogP contribution in [0.3, 0.4) is 0 Å². The van der Waals surface area contributed by atoms with E-state index in [0.29, 0.717) is 29.8 Å². The number of methoxy groups -OCH3 is 2. The molecule has 192 valence electrons. The second kappa shape index (κ2) is 13.2. The van der Waals surface area contributed by atoms with Gasteiger partial charge in [0.1, 0.15) is 0 Å². The third kappa shape index (κ3) is 7.36. The fourth-order valence-electron chi connectivity index (χ4n) is 4.93. The van der Waals surface area contributed by atoms with Crippen LogP contribution >= 0.6 is 11.8 Å². The molecule has 8 nitrogen and oxygen atoms in total. The number of amides is 1. The number of rotatable bonds is 11. The van der Waals surface area contributed by atoms with E-state index >= 15 is 0 Å². The molecule has 9 heteroatoms. The van der Waals surface area contributed by atoms with Crippen LogP contribution in [0.1, 0.15) is 57.3 Å². The second-order valence-corrected chi connectivity index (χ2v) is 10.8. The van der Waals surface area contributed by atoms with Crippen LogP contribution in [0.4, 0.5) is 0 Å². The van der Waals surface area contributed by atoms with E-state index in [4.69, 9.17) is 14.0 Å². The topological polar surface area (TPSA) is 89.7 Å². The average molecular weight is 503 g/mol. The number of carbonyl (C=O) groups is 1. The molecule has 1 aromatic heterocycles. The highest BCUT2D eigenvalue weighted by molar-refractivity contribution is 7.99. The van der Waals surface area contributed by atoms with E-state index in [1.807, 2.05) is 18.2 Å². The lowest BCUT2D eigenvalue weighted by molar-refractivity contribution is -0.126. The molecular formula is C26H38N4O4S. The van der Waals surface area contributed by atoms with Gasteiger partial charge < -0.3 is 19.3 Å². The number of ether oxygens (including phenoxy) is 2. The van der Waals surface area contributed by atoms with Crippen molar-refractivity contribution >= 4 is 17.7 Å². The molecule has 35 heavy (non-hydrogen) atoms. The lowest BCUT2D eigenvalue weighted by atomic mass is 9.97. The number of carbonyl (C=O) groups excluding carboxylic acids is 1. The molecule has 2 aliphatic rings. The van der Waals surface area contributed by atoms with Crippen LogP contribution in [0.15, 0.2) is 22.7 Å². The molecule has 1 aliphatic carbocycles. The molecule has 1 aromatic carbocycles. The Hall–Kier alpha value is -2.26. The Morgan fingerprint density at radius 3 is 2.77 bits per heavy atom. The van der Waals surface area contributed by atoms with E-state index < -0.39 is 0 Å². The highest BCUT2D eigenvalue weighted by Gasteiger charge is 2.27. The Morgan fingerprint density at radius 2 is 1.97 bits per heavy atom. The maximum Gasteiger partial charge on any atom is 0.241 e. The van der Waals surface area contributed by atoms with Crippen LogP contribution in [0, 0.1) is 5.92 Å². The molecule has 0 spiro atoms. The summed E-state index contributed by atoms with van der Waals surface area (Å²) in [5.41, 5.74) is 0.801. The molecule has 2 fully saturated rings. The fourth-order valence-corrected chi connectivity index (χ4v) is 6.24. The summed E-state index contributed by atoms with van der Waals surface area (Å²) in [5.74, 6) is 3.67. The predicted molar refractivity (Wildman–Crippen MR) is 138 cm³/mol. The summed E-state index contributed by atoms with van der Waals surface area (Å²) < 4.78 is 16.2. The minimum atomic E-state index is 0.0167. The molecule has 1 amide bonds. The van der Waals surface area contributed by atoms with Gasteiger partial charge in [-0.05, 0) is 62.6 Å². The normalized spacial score (nSPS) is 19.4. The predicted octanol–water partition coefficient (Wildman–Crippen LogP) is 4.54. The van der Waals surface area contributed by atoms with Crippen molar-refractivity contribution in [3.63, 3.8) is 0 Å². The van der Waals surface area contributed by atoms with Gasteiger partial charge in [0.05, 0.1) is 26.7 Å². The van der Waals surface area contributed by atoms with Gasteiger partial charge in [0.2, 0.25) is 17.6 Å². The third-order valence-corrected chi connectivity index (χ3v) is 8.34. The summed E-state index contributed by atoms with van der Waals surface area (Å²) in [6.07, 6.45) is 9.87. The quantitative estimate of drug-likeness (QED) is 0.448. The maximum atomic E-state index is 12.7. The summed E-state index contributed by atoms with van der Waals surface area (Å²) in [6, 6.07) is 5.54. The van der Waals surface area contributed by atoms with E-state index in [1.54, 1.807) is 14.2 Å². The van der Waals surface area contributed by atoms with Crippen molar-refractivity contribution in [1.29, 1.82) is 0 Å². The first-order valence-electron chi connectivity index (χ1n) is 12.8. The maximum absolute atomic E-state index is 12.7. The van der Waals surface area contributed by atoms with Gasteiger partial charge in [0.25, 0.3) is 0 Å². The molecule has 0 radical (unpaired) electrons. The first-order chi connectivity index (χ1) is 17.2. The number of nitrogens with zero attached hydrogens (tertiary/aromatic N) is 3. The molecule has 0 bridgehead atoms. The number of benzene rings is 1. The molecule has 4 rings (SSSR count). The Balaban J connectivity index is 1.21. The Bertz CT molecular complexity index is 947. The largest absolute Gasteiger partial charge is 0.493 e. The smallest absolute Gasteiger partial charge is 0.241 e. The zero-order valence-electron chi connectivity index (χ0n) is 21.0. The van der Waals surface area contributed by atoms with Crippen LogP contribution in [-0.2, 0) is 11.3 Å². The number of thioether (sulfide) groups is 1. The summed E-state index contributed by atoms with van der Waals surface area (Å²) in [6.45, 7) is 2.96. The molecule has 1 unspecified atom stereocenters. The number of likely N-dealkylation sites (tertiary alicyclic amines) is 1. The summed E-state index contributed by atoms with van der Waals surface area (Å²) in [5, 5.41) is 8.14. The van der Waals surface area contributed by atoms with Gasteiger partial charge in [-0.3, -0.25) is 9.69 Å². The standard InChI is InChI=1S/C26H38N4O4S/c1-32-22-12-11-19(16-23(22)33-2)25-28-24(34-29-25)18-30-14-6-8-20(17-30)26(31)27-13-7-15-35-21-9-4-3-5-10-21/h11-12,16,20-21H,3-10,13-15,17-18H2,1-2H3,(H,27,31). The van der Waals surface area contributed by atoms with Gasteiger partial charge in [-0.1, -0.05) is 24.4 Å². The van der Waals surface area contributed by atoms with Gasteiger partial charge in [-0.25, -0.2) is 0 Å². The van der Waals surface area contributed by atoms with Crippen molar-refractivity contribution in [3.05, 3.63) is 24.1 Å². The van der Waals surface area contributed by atoms with Crippen molar-refractivity contribution in [1.82, 2.24) is 20.4 Å². The number of hydrogen-bond donors (Lipinski definition) is 1. The lowest BCUT2D eigenvalue weighted by Crippen LogP contribution is -2.43. The molecule has 2 aromatic rings. The Kier molecular flexibility index (Phi) is 9.71. The van der Waals surface area contributed by atoms with Crippen LogP contribution in [-0.4, -0.2) is 65.8 Å². The lowest BCUT2D eigenvalue weighted by Gasteiger charge is -2.30. The van der Waals surface area contributed by atoms with Crippen molar-refractivity contribution < 1.29 is 18.8 Å². The second-order valence-electron chi connectivity index (χ2n) is 9.43. The van der Waals surface area contributed by atoms with Crippen molar-refractivity contribution in [2.45, 2.75) is 63.2 Å². The number of nitrogens with one attached hydrogen (secondary N) is 1. The third-order valence-electron chi connectivity index (χ3n) is 6.87. The summed E-state index contributed by atoms with van der Waals surface area (Å²) in [7, 11) is 3.20.